The van der Waals surface area contributed by atoms with Gasteiger partial charge in [-0.25, -0.2) is 4.98 Å². The summed E-state index contributed by atoms with van der Waals surface area (Å²) in [5.41, 5.74) is 2.33. The zero-order chi connectivity index (χ0) is 22.6. The Bertz CT molecular complexity index is 1240. The maximum Gasteiger partial charge on any atom is 0.265 e. The molecule has 1 fully saturated rings. The normalized spacial score (nSPS) is 14.3. The first-order valence-corrected chi connectivity index (χ1v) is 12.2. The molecule has 2 aromatic carbocycles. The summed E-state index contributed by atoms with van der Waals surface area (Å²) in [6.07, 6.45) is 0. The third-order valence-corrected chi connectivity index (χ3v) is 7.52. The highest BCUT2D eigenvalue weighted by atomic mass is 32.1. The van der Waals surface area contributed by atoms with Gasteiger partial charge in [0.15, 0.2) is 0 Å². The van der Waals surface area contributed by atoms with E-state index in [1.165, 1.54) is 11.3 Å². The van der Waals surface area contributed by atoms with Crippen LogP contribution in [0.15, 0.2) is 60.7 Å². The van der Waals surface area contributed by atoms with Crippen molar-refractivity contribution in [3.05, 3.63) is 65.5 Å². The van der Waals surface area contributed by atoms with Crippen molar-refractivity contribution in [1.82, 2.24) is 9.88 Å². The molecule has 1 aliphatic heterocycles. The van der Waals surface area contributed by atoms with E-state index in [0.717, 1.165) is 33.2 Å². The van der Waals surface area contributed by atoms with Crippen molar-refractivity contribution in [2.75, 3.05) is 43.5 Å². The quantitative estimate of drug-likeness (QED) is 0.425. The summed E-state index contributed by atoms with van der Waals surface area (Å²) < 4.78 is 6.43. The summed E-state index contributed by atoms with van der Waals surface area (Å²) in [6.45, 7) is 3.20. The fraction of sp³-hybridized carbons (Fsp3) is 0.208. The molecular weight excluding hydrogens is 456 g/mol. The average molecular weight is 479 g/mol. The van der Waals surface area contributed by atoms with Crippen LogP contribution in [0.3, 0.4) is 0 Å². The Balaban J connectivity index is 1.18. The van der Waals surface area contributed by atoms with Crippen molar-refractivity contribution in [1.29, 1.82) is 0 Å². The topological polar surface area (TPSA) is 83.6 Å². The molecule has 2 amide bonds. The summed E-state index contributed by atoms with van der Waals surface area (Å²) in [7, 11) is 0. The van der Waals surface area contributed by atoms with Crippen molar-refractivity contribution >= 4 is 56.1 Å². The number of anilines is 2. The molecule has 2 N–H and O–H groups in total. The van der Waals surface area contributed by atoms with Gasteiger partial charge in [0.25, 0.3) is 5.91 Å². The SMILES string of the molecule is O=C(CN1CCOCC1)Nc1ccc(NC(=O)c2ccc(-c3nc4ccccc4s3)s2)cc1. The van der Waals surface area contributed by atoms with Gasteiger partial charge < -0.3 is 15.4 Å². The van der Waals surface area contributed by atoms with E-state index in [0.29, 0.717) is 36.0 Å². The predicted octanol–water partition coefficient (Wildman–Crippen LogP) is 4.55. The van der Waals surface area contributed by atoms with Gasteiger partial charge in [0, 0.05) is 24.5 Å². The number of amides is 2. The molecule has 7 nitrogen and oxygen atoms in total. The lowest BCUT2D eigenvalue weighted by Crippen LogP contribution is -2.41. The Morgan fingerprint density at radius 1 is 0.909 bits per heavy atom. The van der Waals surface area contributed by atoms with Crippen molar-refractivity contribution in [3.63, 3.8) is 0 Å². The van der Waals surface area contributed by atoms with Crippen molar-refractivity contribution < 1.29 is 14.3 Å². The Hall–Kier alpha value is -3.11. The minimum Gasteiger partial charge on any atom is -0.379 e. The molecule has 3 heterocycles. The fourth-order valence-corrected chi connectivity index (χ4v) is 5.47. The van der Waals surface area contributed by atoms with E-state index in [1.54, 1.807) is 35.6 Å². The summed E-state index contributed by atoms with van der Waals surface area (Å²) >= 11 is 3.04. The molecular formula is C24H22N4O3S2. The third-order valence-electron chi connectivity index (χ3n) is 5.23. The van der Waals surface area contributed by atoms with Crippen LogP contribution in [0.5, 0.6) is 0 Å². The molecule has 0 spiro atoms. The van der Waals surface area contributed by atoms with Gasteiger partial charge in [0.05, 0.1) is 39.7 Å². The number of aromatic nitrogens is 1. The van der Waals surface area contributed by atoms with Crippen LogP contribution in [0.1, 0.15) is 9.67 Å². The lowest BCUT2D eigenvalue weighted by Gasteiger charge is -2.25. The first-order valence-electron chi connectivity index (χ1n) is 10.6. The van der Waals surface area contributed by atoms with Crippen LogP contribution in [0.2, 0.25) is 0 Å². The molecule has 4 aromatic rings. The first-order chi connectivity index (χ1) is 16.1. The number of fused-ring (bicyclic) bond motifs is 1. The molecule has 168 valence electrons. The highest BCUT2D eigenvalue weighted by molar-refractivity contribution is 7.26. The number of rotatable bonds is 6. The summed E-state index contributed by atoms with van der Waals surface area (Å²) in [4.78, 5) is 33.3. The van der Waals surface area contributed by atoms with Crippen LogP contribution in [-0.4, -0.2) is 54.5 Å². The number of morpholine rings is 1. The van der Waals surface area contributed by atoms with E-state index in [9.17, 15) is 9.59 Å². The molecule has 0 bridgehead atoms. The largest absolute Gasteiger partial charge is 0.379 e. The third kappa shape index (κ3) is 5.28. The number of ether oxygens (including phenoxy) is 1. The molecule has 0 saturated carbocycles. The van der Waals surface area contributed by atoms with Gasteiger partial charge in [-0.05, 0) is 48.5 Å². The number of hydrogen-bond acceptors (Lipinski definition) is 7. The smallest absolute Gasteiger partial charge is 0.265 e. The van der Waals surface area contributed by atoms with Gasteiger partial charge in [0.2, 0.25) is 5.91 Å². The fourth-order valence-electron chi connectivity index (χ4n) is 3.54. The number of thiazole rings is 1. The lowest BCUT2D eigenvalue weighted by molar-refractivity contribution is -0.118. The number of para-hydroxylation sites is 1. The lowest BCUT2D eigenvalue weighted by atomic mass is 10.2. The van der Waals surface area contributed by atoms with Crippen molar-refractivity contribution in [2.24, 2.45) is 0 Å². The van der Waals surface area contributed by atoms with E-state index in [-0.39, 0.29) is 11.8 Å². The zero-order valence-electron chi connectivity index (χ0n) is 17.7. The summed E-state index contributed by atoms with van der Waals surface area (Å²) in [5.74, 6) is -0.230. The Morgan fingerprint density at radius 2 is 1.64 bits per heavy atom. The van der Waals surface area contributed by atoms with E-state index in [4.69, 9.17) is 4.74 Å². The van der Waals surface area contributed by atoms with Crippen LogP contribution < -0.4 is 10.6 Å². The number of nitrogens with one attached hydrogen (secondary N) is 2. The highest BCUT2D eigenvalue weighted by Gasteiger charge is 2.15. The number of benzene rings is 2. The second-order valence-corrected chi connectivity index (χ2v) is 9.73. The maximum atomic E-state index is 12.7. The van der Waals surface area contributed by atoms with Gasteiger partial charge >= 0.3 is 0 Å². The minimum atomic E-state index is -0.170. The molecule has 9 heteroatoms. The van der Waals surface area contributed by atoms with Crippen LogP contribution in [0, 0.1) is 0 Å². The predicted molar refractivity (Wildman–Crippen MR) is 133 cm³/mol. The van der Waals surface area contributed by atoms with Gasteiger partial charge in [-0.2, -0.15) is 0 Å². The maximum absolute atomic E-state index is 12.7. The van der Waals surface area contributed by atoms with Gasteiger partial charge in [-0.1, -0.05) is 12.1 Å². The van der Waals surface area contributed by atoms with E-state index >= 15 is 0 Å². The highest BCUT2D eigenvalue weighted by Crippen LogP contribution is 2.34. The summed E-state index contributed by atoms with van der Waals surface area (Å²) in [5, 5.41) is 6.73. The number of carbonyl (C=O) groups excluding carboxylic acids is 2. The Kier molecular flexibility index (Phi) is 6.45. The summed E-state index contributed by atoms with van der Waals surface area (Å²) in [6, 6.07) is 18.9. The van der Waals surface area contributed by atoms with E-state index < -0.39 is 0 Å². The van der Waals surface area contributed by atoms with E-state index in [2.05, 4.69) is 20.5 Å². The molecule has 0 aliphatic carbocycles. The number of hydrogen-bond donors (Lipinski definition) is 2. The van der Waals surface area contributed by atoms with Crippen LogP contribution in [0.25, 0.3) is 20.1 Å². The standard InChI is InChI=1S/C24H22N4O3S2/c29-22(15-28-11-13-31-14-12-28)25-16-5-7-17(8-6-16)26-23(30)20-9-10-21(32-20)24-27-18-3-1-2-4-19(18)33-24/h1-10H,11-15H2,(H,25,29)(H,26,30). The number of nitrogens with zero attached hydrogens (tertiary/aromatic N) is 2. The zero-order valence-corrected chi connectivity index (χ0v) is 19.4. The molecule has 0 unspecified atom stereocenters. The van der Waals surface area contributed by atoms with Crippen molar-refractivity contribution in [3.8, 4) is 9.88 Å². The van der Waals surface area contributed by atoms with Gasteiger partial charge in [0.1, 0.15) is 5.01 Å². The van der Waals surface area contributed by atoms with Gasteiger partial charge in [-0.3, -0.25) is 14.5 Å². The monoisotopic (exact) mass is 478 g/mol. The second-order valence-electron chi connectivity index (χ2n) is 7.62. The minimum absolute atomic E-state index is 0.0605. The van der Waals surface area contributed by atoms with Crippen LogP contribution in [-0.2, 0) is 9.53 Å². The Morgan fingerprint density at radius 3 is 2.39 bits per heavy atom. The van der Waals surface area contributed by atoms with Crippen LogP contribution in [0.4, 0.5) is 11.4 Å². The average Bonchev–Trinajstić information content (AvgIpc) is 3.48. The molecule has 1 saturated heterocycles. The van der Waals surface area contributed by atoms with Crippen molar-refractivity contribution in [2.45, 2.75) is 0 Å². The van der Waals surface area contributed by atoms with Gasteiger partial charge in [-0.15, -0.1) is 22.7 Å². The molecule has 2 aromatic heterocycles. The molecule has 1 aliphatic rings. The Labute approximate surface area is 199 Å². The number of carbonyl (C=O) groups is 2. The first kappa shape index (κ1) is 21.7. The number of thiophene rings is 1. The molecule has 0 radical (unpaired) electrons. The molecule has 0 atom stereocenters. The van der Waals surface area contributed by atoms with Crippen LogP contribution >= 0.6 is 22.7 Å². The molecule has 5 rings (SSSR count). The van der Waals surface area contributed by atoms with E-state index in [1.807, 2.05) is 36.4 Å². The second kappa shape index (κ2) is 9.80. The molecule has 33 heavy (non-hydrogen) atoms.